The van der Waals surface area contributed by atoms with Crippen LogP contribution in [0, 0.1) is 78.8 Å². The van der Waals surface area contributed by atoms with Crippen LogP contribution in [0.5, 0.6) is 0 Å². The van der Waals surface area contributed by atoms with Crippen molar-refractivity contribution in [3.63, 3.8) is 0 Å². The zero-order valence-electron chi connectivity index (χ0n) is 66.0. The van der Waals surface area contributed by atoms with Gasteiger partial charge in [-0.25, -0.2) is 9.36 Å². The largest absolute Gasteiger partial charge is 0.353 e. The second kappa shape index (κ2) is 32.9. The molecule has 14 heteroatoms. The van der Waals surface area contributed by atoms with Crippen molar-refractivity contribution in [1.29, 1.82) is 0 Å². The Kier molecular flexibility index (Phi) is 26.6. The Morgan fingerprint density at radius 1 is 0.485 bits per heavy atom. The molecular weight excluding hydrogens is 1230 g/mol. The molecule has 5 aromatic rings. The minimum Gasteiger partial charge on any atom is -0.353 e. The van der Waals surface area contributed by atoms with Gasteiger partial charge in [0.2, 0.25) is 11.8 Å². The third kappa shape index (κ3) is 18.9. The number of likely N-dealkylation sites (tertiary alicyclic amines) is 1. The number of rotatable bonds is 14. The number of carbonyl (C=O) groups is 4. The number of carbonyl (C=O) groups excluding carboxylic acids is 4. The van der Waals surface area contributed by atoms with Crippen LogP contribution in [-0.2, 0) is 16.0 Å². The van der Waals surface area contributed by atoms with Gasteiger partial charge < -0.3 is 20.9 Å². The Morgan fingerprint density at radius 2 is 0.869 bits per heavy atom. The maximum Gasteiger partial charge on any atom is 0.277 e. The summed E-state index contributed by atoms with van der Waals surface area (Å²) in [5.41, 5.74) is 6.76. The van der Waals surface area contributed by atoms with Crippen LogP contribution in [0.1, 0.15) is 299 Å². The standard InChI is InChI=1S/C22H32N4O.C22H35NO.C21H33NO.C20H34N4O/c1-16(2)22(21(3,4)5)13-11-18(12-14-22)26-15-19(24-25-26)20(27)23-17-9-7-6-8-10-17;1-16(2)22(21(4,5)6)13-12-19(17(3)15-22)23-20(24)14-18-10-8-7-9-11-18;1-15(2)21(20(4,5)6)13-12-18(16(3)14-21)22-19(23)17-10-8-7-9-11-17;1-14(2)20(19(4,5)6)9-7-17(8-10-20)24-13-18(21-22-24)16-11-23(12-16)15(3)25/h6-10,15-16,18H,11-14H2,1-5H3,(H,23,27);7-11,16-17,19H,12-15H2,1-6H3,(H,23,24);7-11,15-16,18H,12-14H2,1-6H3,(H,22,23);13-14,16-17H,7-12H2,1-6H3/t;17-,19?,22?;16-,18?,21?;/m.11./s1. The highest BCUT2D eigenvalue weighted by molar-refractivity contribution is 6.02. The van der Waals surface area contributed by atoms with Gasteiger partial charge in [0, 0.05) is 55.5 Å². The fourth-order valence-corrected chi connectivity index (χ4v) is 19.5. The van der Waals surface area contributed by atoms with E-state index in [0.29, 0.717) is 110 Å². The molecule has 3 N–H and O–H groups in total. The molecule has 1 aliphatic heterocycles. The topological polar surface area (TPSA) is 169 Å². The molecular formula is C85H134N10O4. The third-order valence-electron chi connectivity index (χ3n) is 26.3. The first-order valence-corrected chi connectivity index (χ1v) is 38.3. The minimum atomic E-state index is -0.213. The maximum absolute atomic E-state index is 12.4. The molecule has 3 aromatic carbocycles. The summed E-state index contributed by atoms with van der Waals surface area (Å²) >= 11 is 0. The summed E-state index contributed by atoms with van der Waals surface area (Å²) in [4.78, 5) is 50.5. The predicted molar refractivity (Wildman–Crippen MR) is 407 cm³/mol. The summed E-state index contributed by atoms with van der Waals surface area (Å²) < 4.78 is 3.99. The molecule has 5 fully saturated rings. The van der Waals surface area contributed by atoms with Crippen LogP contribution in [0.15, 0.2) is 103 Å². The van der Waals surface area contributed by atoms with Gasteiger partial charge in [0.25, 0.3) is 11.8 Å². The molecule has 99 heavy (non-hydrogen) atoms. The molecule has 0 spiro atoms. The van der Waals surface area contributed by atoms with E-state index in [1.807, 2.05) is 101 Å². The van der Waals surface area contributed by atoms with Crippen molar-refractivity contribution in [1.82, 2.24) is 45.5 Å². The van der Waals surface area contributed by atoms with E-state index in [1.54, 1.807) is 13.1 Å². The molecule has 3 heterocycles. The van der Waals surface area contributed by atoms with Crippen LogP contribution in [0.3, 0.4) is 0 Å². The van der Waals surface area contributed by atoms with Crippen LogP contribution in [0.4, 0.5) is 5.69 Å². The number of hydrogen-bond acceptors (Lipinski definition) is 8. The lowest BCUT2D eigenvalue weighted by molar-refractivity contribution is -0.133. The second-order valence-electron chi connectivity index (χ2n) is 36.6. The van der Waals surface area contributed by atoms with E-state index < -0.39 is 0 Å². The van der Waals surface area contributed by atoms with Crippen molar-refractivity contribution < 1.29 is 19.2 Å². The van der Waals surface area contributed by atoms with E-state index in [2.05, 4.69) is 200 Å². The van der Waals surface area contributed by atoms with Gasteiger partial charge in [-0.3, -0.25) is 19.2 Å². The maximum atomic E-state index is 12.4. The first kappa shape index (κ1) is 80.1. The van der Waals surface area contributed by atoms with Crippen molar-refractivity contribution in [3.8, 4) is 0 Å². The van der Waals surface area contributed by atoms with Crippen molar-refractivity contribution in [2.75, 3.05) is 18.4 Å². The first-order chi connectivity index (χ1) is 46.2. The monoisotopic (exact) mass is 1360 g/mol. The highest BCUT2D eigenvalue weighted by Gasteiger charge is 2.52. The number of benzene rings is 3. The highest BCUT2D eigenvalue weighted by atomic mass is 16.2. The van der Waals surface area contributed by atoms with Gasteiger partial charge in [-0.2, -0.15) is 0 Å². The lowest BCUT2D eigenvalue weighted by Gasteiger charge is -2.54. The Morgan fingerprint density at radius 3 is 1.27 bits per heavy atom. The Labute approximate surface area is 599 Å². The smallest absolute Gasteiger partial charge is 0.277 e. The number of aromatic nitrogens is 6. The van der Waals surface area contributed by atoms with Crippen molar-refractivity contribution in [3.05, 3.63) is 126 Å². The molecule has 1 saturated heterocycles. The molecule has 0 radical (unpaired) electrons. The summed E-state index contributed by atoms with van der Waals surface area (Å²) in [6.45, 7) is 55.4. The number of amides is 4. The van der Waals surface area contributed by atoms with Gasteiger partial charge in [-0.05, 0) is 199 Å². The Bertz CT molecular complexity index is 3340. The van der Waals surface area contributed by atoms with Crippen LogP contribution < -0.4 is 16.0 Å². The Hall–Kier alpha value is -6.18. The number of nitrogens with zero attached hydrogens (tertiary/aromatic N) is 7. The normalized spacial score (nSPS) is 27.0. The van der Waals surface area contributed by atoms with Gasteiger partial charge in [-0.1, -0.05) is 229 Å². The fourth-order valence-electron chi connectivity index (χ4n) is 19.5. The molecule has 5 aliphatic rings. The number of hydrogen-bond donors (Lipinski definition) is 3. The summed E-state index contributed by atoms with van der Waals surface area (Å²) in [7, 11) is 0. The van der Waals surface area contributed by atoms with Gasteiger partial charge in [0.15, 0.2) is 5.69 Å². The van der Waals surface area contributed by atoms with Crippen molar-refractivity contribution >= 4 is 29.3 Å². The van der Waals surface area contributed by atoms with Gasteiger partial charge in [-0.15, -0.1) is 10.2 Å². The van der Waals surface area contributed by atoms with Crippen LogP contribution in [-0.4, -0.2) is 83.7 Å². The lowest BCUT2D eigenvalue weighted by Crippen LogP contribution is -2.51. The third-order valence-corrected chi connectivity index (χ3v) is 26.3. The molecule has 14 nitrogen and oxygen atoms in total. The van der Waals surface area contributed by atoms with E-state index >= 15 is 0 Å². The van der Waals surface area contributed by atoms with E-state index in [0.717, 1.165) is 61.3 Å². The van der Waals surface area contributed by atoms with Crippen LogP contribution >= 0.6 is 0 Å². The van der Waals surface area contributed by atoms with E-state index in [-0.39, 0.29) is 35.1 Å². The predicted octanol–water partition coefficient (Wildman–Crippen LogP) is 19.9. The van der Waals surface area contributed by atoms with E-state index in [9.17, 15) is 19.2 Å². The molecule has 4 aliphatic carbocycles. The average Bonchev–Trinajstić information content (AvgIpc) is 1.37. The lowest BCUT2D eigenvalue weighted by atomic mass is 9.52. The number of anilines is 1. The van der Waals surface area contributed by atoms with Gasteiger partial charge >= 0.3 is 0 Å². The highest BCUT2D eigenvalue weighted by Crippen LogP contribution is 2.59. The molecule has 4 amide bonds. The molecule has 4 saturated carbocycles. The number of nitrogens with one attached hydrogen (secondary N) is 3. The van der Waals surface area contributed by atoms with Crippen molar-refractivity contribution in [2.45, 2.75) is 286 Å². The fraction of sp³-hybridized carbons (Fsp3) is 0.694. The molecule has 0 bridgehead atoms. The zero-order chi connectivity index (χ0) is 73.3. The molecule has 4 unspecified atom stereocenters. The quantitative estimate of drug-likeness (QED) is 0.0987. The van der Waals surface area contributed by atoms with Gasteiger partial charge in [0.1, 0.15) is 0 Å². The summed E-state index contributed by atoms with van der Waals surface area (Å²) in [6.07, 6.45) is 20.8. The van der Waals surface area contributed by atoms with E-state index in [4.69, 9.17) is 0 Å². The van der Waals surface area contributed by atoms with Crippen LogP contribution in [0.2, 0.25) is 0 Å². The first-order valence-electron chi connectivity index (χ1n) is 38.3. The molecule has 548 valence electrons. The molecule has 6 atom stereocenters. The van der Waals surface area contributed by atoms with E-state index in [1.165, 1.54) is 64.2 Å². The molecule has 2 aromatic heterocycles. The minimum absolute atomic E-state index is 0.0651. The number of para-hydroxylation sites is 1. The summed E-state index contributed by atoms with van der Waals surface area (Å²) in [5.74, 6) is 4.26. The van der Waals surface area contributed by atoms with Crippen molar-refractivity contribution in [2.24, 2.45) is 78.8 Å². The SMILES string of the molecule is CC(=O)N1CC(c2cn(C3CCC(C(C)C)(C(C)(C)C)CC3)nn2)C1.CC(C)C1(C(C)(C)C)CCC(NC(=O)Cc2ccccc2)[C@H](C)C1.CC(C)C1(C(C)(C)C)CCC(NC(=O)c2ccccc2)[C@H](C)C1.CC(C)C1(C(C)(C)C)CCC(n2cc(C(=O)Nc3ccccc3)nn2)CC1. The summed E-state index contributed by atoms with van der Waals surface area (Å²) in [6, 6.07) is 30.4. The average molecular weight is 1360 g/mol. The van der Waals surface area contributed by atoms with Crippen LogP contribution in [0.25, 0.3) is 0 Å². The zero-order valence-corrected chi connectivity index (χ0v) is 66.0. The summed E-state index contributed by atoms with van der Waals surface area (Å²) in [5, 5.41) is 26.7. The Balaban J connectivity index is 0.000000186. The van der Waals surface area contributed by atoms with Gasteiger partial charge in [0.05, 0.1) is 30.4 Å². The second-order valence-corrected chi connectivity index (χ2v) is 36.6. The molecule has 10 rings (SSSR count).